The van der Waals surface area contributed by atoms with E-state index in [2.05, 4.69) is 31.0 Å². The zero-order chi connectivity index (χ0) is 17.4. The van der Waals surface area contributed by atoms with Crippen molar-refractivity contribution >= 4 is 10.9 Å². The first kappa shape index (κ1) is 16.2. The zero-order valence-corrected chi connectivity index (χ0v) is 15.1. The smallest absolute Gasteiger partial charge is 0.153 e. The average Bonchev–Trinajstić information content (AvgIpc) is 3.15. The van der Waals surface area contributed by atoms with E-state index in [1.54, 1.807) is 7.11 Å². The first-order chi connectivity index (χ1) is 12.2. The van der Waals surface area contributed by atoms with E-state index in [-0.39, 0.29) is 0 Å². The number of benzene rings is 1. The Bertz CT molecular complexity index is 898. The van der Waals surface area contributed by atoms with Crippen LogP contribution in [0.3, 0.4) is 0 Å². The second-order valence-electron chi connectivity index (χ2n) is 7.15. The summed E-state index contributed by atoms with van der Waals surface area (Å²) in [6.07, 6.45) is 4.90. The van der Waals surface area contributed by atoms with E-state index in [0.717, 1.165) is 41.1 Å². The largest absolute Gasteiger partial charge is 0.384 e. The van der Waals surface area contributed by atoms with E-state index in [0.29, 0.717) is 17.9 Å². The monoisotopic (exact) mass is 336 g/mol. The van der Waals surface area contributed by atoms with E-state index in [1.165, 1.54) is 6.42 Å². The van der Waals surface area contributed by atoms with Gasteiger partial charge in [-0.1, -0.05) is 19.9 Å². The molecule has 25 heavy (non-hydrogen) atoms. The number of pyridine rings is 1. The molecular weight excluding hydrogens is 312 g/mol. The Kier molecular flexibility index (Phi) is 4.04. The summed E-state index contributed by atoms with van der Waals surface area (Å²) in [5, 5.41) is 5.93. The molecule has 1 fully saturated rings. The van der Waals surface area contributed by atoms with E-state index in [9.17, 15) is 0 Å². The maximum Gasteiger partial charge on any atom is 0.153 e. The Hall–Kier alpha value is -2.27. The van der Waals surface area contributed by atoms with Gasteiger partial charge in [-0.25, -0.2) is 9.67 Å². The van der Waals surface area contributed by atoms with Crippen LogP contribution in [0.5, 0.6) is 0 Å². The Labute approximate surface area is 148 Å². The fourth-order valence-corrected chi connectivity index (χ4v) is 3.54. The SMILES string of the molecule is CCC1(C)CC1c1nc(CCOC)nn1-c1cccc2ncccc12. The zero-order valence-electron chi connectivity index (χ0n) is 15.1. The summed E-state index contributed by atoms with van der Waals surface area (Å²) in [7, 11) is 1.71. The normalized spacial score (nSPS) is 22.4. The van der Waals surface area contributed by atoms with Crippen molar-refractivity contribution in [1.29, 1.82) is 0 Å². The highest BCUT2D eigenvalue weighted by atomic mass is 16.5. The molecule has 130 valence electrons. The van der Waals surface area contributed by atoms with Crippen LogP contribution in [0, 0.1) is 5.41 Å². The molecule has 1 aliphatic carbocycles. The minimum Gasteiger partial charge on any atom is -0.384 e. The highest BCUT2D eigenvalue weighted by Gasteiger charge is 2.52. The summed E-state index contributed by atoms with van der Waals surface area (Å²) < 4.78 is 7.25. The van der Waals surface area contributed by atoms with Gasteiger partial charge in [0.15, 0.2) is 5.82 Å². The van der Waals surface area contributed by atoms with Crippen LogP contribution in [0.4, 0.5) is 0 Å². The number of hydrogen-bond acceptors (Lipinski definition) is 4. The molecule has 2 unspecified atom stereocenters. The molecule has 0 N–H and O–H groups in total. The van der Waals surface area contributed by atoms with Crippen LogP contribution in [0.15, 0.2) is 36.5 Å². The lowest BCUT2D eigenvalue weighted by molar-refractivity contribution is 0.200. The summed E-state index contributed by atoms with van der Waals surface area (Å²) in [5.74, 6) is 2.39. The molecule has 0 spiro atoms. The van der Waals surface area contributed by atoms with Gasteiger partial charge in [-0.3, -0.25) is 4.98 Å². The molecule has 5 heteroatoms. The van der Waals surface area contributed by atoms with Gasteiger partial charge in [0.2, 0.25) is 0 Å². The summed E-state index contributed by atoms with van der Waals surface area (Å²) in [4.78, 5) is 9.36. The molecule has 0 amide bonds. The third-order valence-electron chi connectivity index (χ3n) is 5.53. The third kappa shape index (κ3) is 2.82. The molecule has 2 heterocycles. The molecule has 0 radical (unpaired) electrons. The second kappa shape index (κ2) is 6.23. The van der Waals surface area contributed by atoms with Crippen molar-refractivity contribution in [1.82, 2.24) is 19.7 Å². The minimum atomic E-state index is 0.339. The Morgan fingerprint density at radius 2 is 2.16 bits per heavy atom. The van der Waals surface area contributed by atoms with Gasteiger partial charge in [0.25, 0.3) is 0 Å². The van der Waals surface area contributed by atoms with Gasteiger partial charge in [0.1, 0.15) is 5.82 Å². The number of rotatable bonds is 6. The van der Waals surface area contributed by atoms with Gasteiger partial charge in [0, 0.05) is 31.0 Å². The number of methoxy groups -OCH3 is 1. The van der Waals surface area contributed by atoms with Crippen molar-refractivity contribution in [3.05, 3.63) is 48.2 Å². The minimum absolute atomic E-state index is 0.339. The lowest BCUT2D eigenvalue weighted by Crippen LogP contribution is -2.06. The molecule has 2 aromatic heterocycles. The highest BCUT2D eigenvalue weighted by Crippen LogP contribution is 2.60. The van der Waals surface area contributed by atoms with Crippen LogP contribution in [0.25, 0.3) is 16.6 Å². The van der Waals surface area contributed by atoms with Crippen LogP contribution in [0.2, 0.25) is 0 Å². The van der Waals surface area contributed by atoms with E-state index < -0.39 is 0 Å². The van der Waals surface area contributed by atoms with Crippen molar-refractivity contribution < 1.29 is 4.74 Å². The van der Waals surface area contributed by atoms with E-state index in [4.69, 9.17) is 14.8 Å². The number of fused-ring (bicyclic) bond motifs is 1. The van der Waals surface area contributed by atoms with Gasteiger partial charge in [-0.15, -0.1) is 0 Å². The summed E-state index contributed by atoms with van der Waals surface area (Å²) in [5.41, 5.74) is 2.38. The fourth-order valence-electron chi connectivity index (χ4n) is 3.54. The van der Waals surface area contributed by atoms with Gasteiger partial charge in [0.05, 0.1) is 17.8 Å². The van der Waals surface area contributed by atoms with Crippen LogP contribution < -0.4 is 0 Å². The maximum atomic E-state index is 5.21. The lowest BCUT2D eigenvalue weighted by atomic mass is 10.0. The van der Waals surface area contributed by atoms with Crippen molar-refractivity contribution in [3.8, 4) is 5.69 Å². The number of ether oxygens (including phenoxy) is 1. The quantitative estimate of drug-likeness (QED) is 0.685. The molecule has 3 aromatic rings. The molecule has 2 atom stereocenters. The molecule has 1 aromatic carbocycles. The summed E-state index contributed by atoms with van der Waals surface area (Å²) in [6.45, 7) is 5.24. The predicted octanol–water partition coefficient (Wildman–Crippen LogP) is 3.91. The molecule has 5 nitrogen and oxygen atoms in total. The Morgan fingerprint density at radius 3 is 2.92 bits per heavy atom. The van der Waals surface area contributed by atoms with Crippen LogP contribution in [-0.4, -0.2) is 33.5 Å². The molecule has 4 rings (SSSR count). The predicted molar refractivity (Wildman–Crippen MR) is 98.0 cm³/mol. The van der Waals surface area contributed by atoms with Gasteiger partial charge in [-0.05, 0) is 42.5 Å². The molecule has 0 saturated heterocycles. The molecule has 0 aliphatic heterocycles. The average molecular weight is 336 g/mol. The maximum absolute atomic E-state index is 5.21. The Balaban J connectivity index is 1.83. The lowest BCUT2D eigenvalue weighted by Gasteiger charge is -2.11. The van der Waals surface area contributed by atoms with Gasteiger partial charge >= 0.3 is 0 Å². The third-order valence-corrected chi connectivity index (χ3v) is 5.53. The molecule has 0 bridgehead atoms. The standard InChI is InChI=1S/C20H24N4O/c1-4-20(2)13-15(20)19-22-18(10-12-25-3)23-24(19)17-9-5-8-16-14(17)7-6-11-21-16/h5-9,11,15H,4,10,12-13H2,1-3H3. The highest BCUT2D eigenvalue weighted by molar-refractivity contribution is 5.86. The molecule has 1 saturated carbocycles. The fraction of sp³-hybridized carbons (Fsp3) is 0.450. The summed E-state index contributed by atoms with van der Waals surface area (Å²) >= 11 is 0. The van der Waals surface area contributed by atoms with Crippen LogP contribution in [-0.2, 0) is 11.2 Å². The van der Waals surface area contributed by atoms with Gasteiger partial charge in [-0.2, -0.15) is 5.10 Å². The van der Waals surface area contributed by atoms with Crippen molar-refractivity contribution in [2.24, 2.45) is 5.41 Å². The van der Waals surface area contributed by atoms with Gasteiger partial charge < -0.3 is 4.74 Å². The number of nitrogens with zero attached hydrogens (tertiary/aromatic N) is 4. The van der Waals surface area contributed by atoms with Crippen molar-refractivity contribution in [3.63, 3.8) is 0 Å². The van der Waals surface area contributed by atoms with Crippen LogP contribution in [0.1, 0.15) is 44.3 Å². The summed E-state index contributed by atoms with van der Waals surface area (Å²) in [6, 6.07) is 10.3. The van der Waals surface area contributed by atoms with Crippen molar-refractivity contribution in [2.75, 3.05) is 13.7 Å². The Morgan fingerprint density at radius 1 is 1.28 bits per heavy atom. The first-order valence-corrected chi connectivity index (χ1v) is 8.95. The second-order valence-corrected chi connectivity index (χ2v) is 7.15. The van der Waals surface area contributed by atoms with Crippen molar-refractivity contribution in [2.45, 2.75) is 39.0 Å². The van der Waals surface area contributed by atoms with E-state index in [1.807, 2.05) is 29.1 Å². The number of aromatic nitrogens is 4. The van der Waals surface area contributed by atoms with E-state index >= 15 is 0 Å². The van der Waals surface area contributed by atoms with Crippen LogP contribution >= 0.6 is 0 Å². The topological polar surface area (TPSA) is 52.8 Å². The first-order valence-electron chi connectivity index (χ1n) is 8.95. The molecular formula is C20H24N4O. The number of hydrogen-bond donors (Lipinski definition) is 0. The molecule has 1 aliphatic rings.